The molecular weight excluding hydrogens is 414 g/mol. The van der Waals surface area contributed by atoms with E-state index in [2.05, 4.69) is 27.2 Å². The number of benzene rings is 2. The topological polar surface area (TPSA) is 79.4 Å². The van der Waals surface area contributed by atoms with Crippen LogP contribution in [0.1, 0.15) is 12.8 Å². The zero-order valence-electron chi connectivity index (χ0n) is 18.8. The van der Waals surface area contributed by atoms with Crippen LogP contribution in [-0.2, 0) is 4.79 Å². The van der Waals surface area contributed by atoms with Gasteiger partial charge in [-0.3, -0.25) is 4.79 Å². The van der Waals surface area contributed by atoms with Crippen LogP contribution in [0.5, 0.6) is 11.5 Å². The number of para-hydroxylation sites is 1. The van der Waals surface area contributed by atoms with Crippen LogP contribution in [0.25, 0.3) is 11.1 Å². The molecule has 1 aliphatic rings. The molecule has 0 spiro atoms. The van der Waals surface area contributed by atoms with E-state index in [1.54, 1.807) is 6.33 Å². The number of amides is 1. The molecule has 0 saturated carbocycles. The van der Waals surface area contributed by atoms with E-state index >= 15 is 0 Å². The van der Waals surface area contributed by atoms with Crippen LogP contribution < -0.4 is 15.4 Å². The van der Waals surface area contributed by atoms with Gasteiger partial charge in [0.2, 0.25) is 5.91 Å². The third-order valence-electron chi connectivity index (χ3n) is 5.86. The number of anilines is 2. The third kappa shape index (κ3) is 5.49. The van der Waals surface area contributed by atoms with Gasteiger partial charge in [0, 0.05) is 26.7 Å². The third-order valence-corrected chi connectivity index (χ3v) is 5.86. The van der Waals surface area contributed by atoms with Gasteiger partial charge < -0.3 is 20.3 Å². The summed E-state index contributed by atoms with van der Waals surface area (Å²) >= 11 is 0. The van der Waals surface area contributed by atoms with Crippen molar-refractivity contribution in [3.05, 3.63) is 73.6 Å². The molecule has 3 aromatic rings. The van der Waals surface area contributed by atoms with E-state index < -0.39 is 0 Å². The lowest BCUT2D eigenvalue weighted by molar-refractivity contribution is -0.127. The van der Waals surface area contributed by atoms with Crippen molar-refractivity contribution in [3.8, 4) is 22.6 Å². The number of hydrogen-bond acceptors (Lipinski definition) is 6. The van der Waals surface area contributed by atoms with Gasteiger partial charge in [0.15, 0.2) is 0 Å². The molecule has 1 saturated heterocycles. The van der Waals surface area contributed by atoms with Gasteiger partial charge in [-0.25, -0.2) is 9.97 Å². The van der Waals surface area contributed by atoms with Crippen LogP contribution >= 0.6 is 0 Å². The summed E-state index contributed by atoms with van der Waals surface area (Å²) in [6.45, 7) is 5.90. The number of rotatable bonds is 8. The Morgan fingerprint density at radius 2 is 1.73 bits per heavy atom. The van der Waals surface area contributed by atoms with E-state index in [1.807, 2.05) is 66.5 Å². The first-order valence-electron chi connectivity index (χ1n) is 11.2. The van der Waals surface area contributed by atoms with Gasteiger partial charge in [0.1, 0.15) is 29.5 Å². The van der Waals surface area contributed by atoms with Gasteiger partial charge in [-0.05, 0) is 54.7 Å². The van der Waals surface area contributed by atoms with E-state index in [1.165, 1.54) is 6.08 Å². The van der Waals surface area contributed by atoms with Crippen molar-refractivity contribution in [2.75, 3.05) is 37.3 Å². The Hall–Kier alpha value is -3.87. The van der Waals surface area contributed by atoms with Gasteiger partial charge in [0.25, 0.3) is 0 Å². The Morgan fingerprint density at radius 1 is 1.06 bits per heavy atom. The van der Waals surface area contributed by atoms with Crippen LogP contribution in [0.4, 0.5) is 11.6 Å². The van der Waals surface area contributed by atoms with Crippen molar-refractivity contribution in [1.82, 2.24) is 14.9 Å². The maximum absolute atomic E-state index is 11.8. The quantitative estimate of drug-likeness (QED) is 0.486. The highest BCUT2D eigenvalue weighted by atomic mass is 16.5. The summed E-state index contributed by atoms with van der Waals surface area (Å²) in [5.74, 6) is 3.60. The smallest absolute Gasteiger partial charge is 0.245 e. The molecule has 7 nitrogen and oxygen atoms in total. The number of piperidine rings is 1. The number of carbonyl (C=O) groups excluding carboxylic acids is 1. The number of ether oxygens (including phenoxy) is 1. The summed E-state index contributed by atoms with van der Waals surface area (Å²) in [5.41, 5.74) is 1.92. The molecule has 0 radical (unpaired) electrons. The van der Waals surface area contributed by atoms with E-state index in [-0.39, 0.29) is 5.91 Å². The Kier molecular flexibility index (Phi) is 7.19. The molecule has 4 rings (SSSR count). The van der Waals surface area contributed by atoms with Crippen LogP contribution in [-0.4, -0.2) is 47.5 Å². The molecule has 1 aromatic heterocycles. The first kappa shape index (κ1) is 22.3. The Bertz CT molecular complexity index is 1080. The fourth-order valence-corrected chi connectivity index (χ4v) is 4.02. The number of aromatic nitrogens is 2. The SMILES string of the molecule is C=CC(=O)N1CCC(CNc2ncnc(NC)c2-c2ccc(Oc3ccccc3)cc2)CC1. The average molecular weight is 444 g/mol. The van der Waals surface area contributed by atoms with Crippen molar-refractivity contribution in [1.29, 1.82) is 0 Å². The molecule has 0 atom stereocenters. The van der Waals surface area contributed by atoms with Crippen LogP contribution in [0.3, 0.4) is 0 Å². The number of nitrogens with zero attached hydrogens (tertiary/aromatic N) is 3. The van der Waals surface area contributed by atoms with Crippen LogP contribution in [0.15, 0.2) is 73.6 Å². The van der Waals surface area contributed by atoms with Gasteiger partial charge in [0.05, 0.1) is 5.56 Å². The molecule has 2 heterocycles. The Balaban J connectivity index is 1.46. The molecule has 0 unspecified atom stereocenters. The van der Waals surface area contributed by atoms with Gasteiger partial charge in [-0.15, -0.1) is 0 Å². The Labute approximate surface area is 194 Å². The van der Waals surface area contributed by atoms with E-state index in [9.17, 15) is 4.79 Å². The standard InChI is InChI=1S/C26H29N5O2/c1-3-23(32)31-15-13-19(14-16-31)17-28-26-24(25(27-2)29-18-30-26)20-9-11-22(12-10-20)33-21-7-5-4-6-8-21/h3-12,18-19H,1,13-17H2,2H3,(H2,27,28,29,30). The summed E-state index contributed by atoms with van der Waals surface area (Å²) in [5, 5.41) is 6.70. The molecule has 0 bridgehead atoms. The average Bonchev–Trinajstić information content (AvgIpc) is 2.88. The molecule has 1 aliphatic heterocycles. The molecule has 2 aromatic carbocycles. The summed E-state index contributed by atoms with van der Waals surface area (Å²) in [6.07, 6.45) is 4.87. The van der Waals surface area contributed by atoms with Gasteiger partial charge in [-0.1, -0.05) is 36.9 Å². The highest BCUT2D eigenvalue weighted by molar-refractivity contribution is 5.87. The van der Waals surface area contributed by atoms with Crippen molar-refractivity contribution in [3.63, 3.8) is 0 Å². The van der Waals surface area contributed by atoms with Crippen LogP contribution in [0, 0.1) is 5.92 Å². The predicted molar refractivity (Wildman–Crippen MR) is 132 cm³/mol. The largest absolute Gasteiger partial charge is 0.457 e. The second-order valence-electron chi connectivity index (χ2n) is 7.99. The molecule has 0 aliphatic carbocycles. The fourth-order valence-electron chi connectivity index (χ4n) is 4.02. The normalized spacial score (nSPS) is 13.9. The number of likely N-dealkylation sites (tertiary alicyclic amines) is 1. The molecular formula is C26H29N5O2. The van der Waals surface area contributed by atoms with Crippen molar-refractivity contribution in [2.45, 2.75) is 12.8 Å². The highest BCUT2D eigenvalue weighted by Crippen LogP contribution is 2.34. The minimum atomic E-state index is 0.0119. The maximum Gasteiger partial charge on any atom is 0.245 e. The second kappa shape index (κ2) is 10.6. The zero-order valence-corrected chi connectivity index (χ0v) is 18.8. The summed E-state index contributed by atoms with van der Waals surface area (Å²) in [7, 11) is 1.86. The first-order chi connectivity index (χ1) is 16.2. The molecule has 1 fully saturated rings. The van der Waals surface area contributed by atoms with Crippen LogP contribution in [0.2, 0.25) is 0 Å². The highest BCUT2D eigenvalue weighted by Gasteiger charge is 2.22. The lowest BCUT2D eigenvalue weighted by atomic mass is 9.96. The lowest BCUT2D eigenvalue weighted by Gasteiger charge is -2.31. The van der Waals surface area contributed by atoms with E-state index in [4.69, 9.17) is 4.74 Å². The summed E-state index contributed by atoms with van der Waals surface area (Å²) in [4.78, 5) is 22.6. The van der Waals surface area contributed by atoms with Crippen molar-refractivity contribution in [2.24, 2.45) is 5.92 Å². The minimum Gasteiger partial charge on any atom is -0.457 e. The zero-order chi connectivity index (χ0) is 23.0. The van der Waals surface area contributed by atoms with E-state index in [0.717, 1.165) is 66.7 Å². The molecule has 170 valence electrons. The summed E-state index contributed by atoms with van der Waals surface area (Å²) < 4.78 is 5.92. The lowest BCUT2D eigenvalue weighted by Crippen LogP contribution is -2.39. The number of hydrogen-bond donors (Lipinski definition) is 2. The fraction of sp³-hybridized carbons (Fsp3) is 0.269. The van der Waals surface area contributed by atoms with Crippen molar-refractivity contribution >= 4 is 17.5 Å². The van der Waals surface area contributed by atoms with Crippen molar-refractivity contribution < 1.29 is 9.53 Å². The number of carbonyl (C=O) groups is 1. The summed E-state index contributed by atoms with van der Waals surface area (Å²) in [6, 6.07) is 17.6. The van der Waals surface area contributed by atoms with Gasteiger partial charge >= 0.3 is 0 Å². The number of nitrogens with one attached hydrogen (secondary N) is 2. The van der Waals surface area contributed by atoms with Gasteiger partial charge in [-0.2, -0.15) is 0 Å². The molecule has 7 heteroatoms. The first-order valence-corrected chi connectivity index (χ1v) is 11.2. The molecule has 1 amide bonds. The minimum absolute atomic E-state index is 0.0119. The predicted octanol–water partition coefficient (Wildman–Crippen LogP) is 4.81. The van der Waals surface area contributed by atoms with E-state index in [0.29, 0.717) is 5.92 Å². The monoisotopic (exact) mass is 443 g/mol. The molecule has 2 N–H and O–H groups in total. The Morgan fingerprint density at radius 3 is 2.39 bits per heavy atom. The second-order valence-corrected chi connectivity index (χ2v) is 7.99. The molecule has 33 heavy (non-hydrogen) atoms. The maximum atomic E-state index is 11.8.